The average molecular weight is 415 g/mol. The van der Waals surface area contributed by atoms with Crippen molar-refractivity contribution in [2.75, 3.05) is 10.6 Å². The van der Waals surface area contributed by atoms with Crippen molar-refractivity contribution in [1.82, 2.24) is 29.3 Å². The van der Waals surface area contributed by atoms with E-state index in [0.717, 1.165) is 5.69 Å². The van der Waals surface area contributed by atoms with Gasteiger partial charge in [-0.25, -0.2) is 0 Å². The van der Waals surface area contributed by atoms with Gasteiger partial charge in [0.25, 0.3) is 11.8 Å². The standard InChI is InChI=1S/C17H21N9O4/c1-5-24-9-13(26(29)30)14(22-24)16(27)21-12-8-19-25(6-2)15(12)17(28)20-11-7-18-23(4)10(11)3/h7-9H,5-6H2,1-4H3,(H,20,28)(H,21,27). The highest BCUT2D eigenvalue weighted by Crippen LogP contribution is 2.22. The summed E-state index contributed by atoms with van der Waals surface area (Å²) < 4.78 is 4.32. The Kier molecular flexibility index (Phi) is 5.62. The van der Waals surface area contributed by atoms with Crippen LogP contribution in [0.2, 0.25) is 0 Å². The van der Waals surface area contributed by atoms with Crippen LogP contribution in [0.3, 0.4) is 0 Å². The number of carbonyl (C=O) groups excluding carboxylic acids is 2. The van der Waals surface area contributed by atoms with E-state index in [-0.39, 0.29) is 17.1 Å². The summed E-state index contributed by atoms with van der Waals surface area (Å²) in [6.07, 6.45) is 4.01. The largest absolute Gasteiger partial charge is 0.320 e. The minimum atomic E-state index is -0.809. The van der Waals surface area contributed by atoms with E-state index in [1.165, 1.54) is 28.0 Å². The SMILES string of the molecule is CCn1cc([N+](=O)[O-])c(C(=O)Nc2cnn(CC)c2C(=O)Nc2cnn(C)c2C)n1. The zero-order chi connectivity index (χ0) is 22.0. The molecule has 0 radical (unpaired) electrons. The lowest BCUT2D eigenvalue weighted by atomic mass is 10.3. The lowest BCUT2D eigenvalue weighted by Gasteiger charge is -2.09. The van der Waals surface area contributed by atoms with Gasteiger partial charge in [-0.15, -0.1) is 0 Å². The molecule has 3 heterocycles. The van der Waals surface area contributed by atoms with Crippen LogP contribution in [0.15, 0.2) is 18.6 Å². The van der Waals surface area contributed by atoms with Crippen LogP contribution < -0.4 is 10.6 Å². The fraction of sp³-hybridized carbons (Fsp3) is 0.353. The zero-order valence-corrected chi connectivity index (χ0v) is 16.9. The van der Waals surface area contributed by atoms with Gasteiger partial charge in [-0.1, -0.05) is 0 Å². The molecule has 3 aromatic heterocycles. The number of rotatable bonds is 7. The van der Waals surface area contributed by atoms with Crippen LogP contribution in [0.25, 0.3) is 0 Å². The normalized spacial score (nSPS) is 10.8. The van der Waals surface area contributed by atoms with E-state index in [1.807, 2.05) is 0 Å². The van der Waals surface area contributed by atoms with Crippen LogP contribution in [-0.2, 0) is 20.1 Å². The molecule has 0 aromatic carbocycles. The highest BCUT2D eigenvalue weighted by molar-refractivity contribution is 6.12. The molecular formula is C17H21N9O4. The molecule has 0 bridgehead atoms. The molecule has 0 atom stereocenters. The van der Waals surface area contributed by atoms with Crippen molar-refractivity contribution >= 4 is 28.9 Å². The first-order valence-electron chi connectivity index (χ1n) is 9.15. The van der Waals surface area contributed by atoms with Gasteiger partial charge < -0.3 is 10.6 Å². The summed E-state index contributed by atoms with van der Waals surface area (Å²) in [6.45, 7) is 6.06. The van der Waals surface area contributed by atoms with E-state index in [2.05, 4.69) is 25.9 Å². The third-order valence-corrected chi connectivity index (χ3v) is 4.56. The van der Waals surface area contributed by atoms with E-state index in [0.29, 0.717) is 18.8 Å². The average Bonchev–Trinajstić information content (AvgIpc) is 3.41. The molecule has 0 saturated heterocycles. The van der Waals surface area contributed by atoms with Crippen molar-refractivity contribution in [3.05, 3.63) is 45.8 Å². The van der Waals surface area contributed by atoms with Crippen molar-refractivity contribution in [2.45, 2.75) is 33.9 Å². The summed E-state index contributed by atoms with van der Waals surface area (Å²) in [5.41, 5.74) is 0.709. The number of carbonyl (C=O) groups is 2. The number of nitrogens with one attached hydrogen (secondary N) is 2. The quantitative estimate of drug-likeness (QED) is 0.438. The first-order chi connectivity index (χ1) is 14.3. The van der Waals surface area contributed by atoms with Gasteiger partial charge in [0.1, 0.15) is 11.9 Å². The molecule has 13 heteroatoms. The summed E-state index contributed by atoms with van der Waals surface area (Å²) in [7, 11) is 1.75. The van der Waals surface area contributed by atoms with Crippen molar-refractivity contribution in [3.63, 3.8) is 0 Å². The fourth-order valence-electron chi connectivity index (χ4n) is 2.81. The monoisotopic (exact) mass is 415 g/mol. The fourth-order valence-corrected chi connectivity index (χ4v) is 2.81. The van der Waals surface area contributed by atoms with Crippen LogP contribution >= 0.6 is 0 Å². The maximum Gasteiger partial charge on any atom is 0.320 e. The number of nitrogens with zero attached hydrogens (tertiary/aromatic N) is 7. The minimum Gasteiger partial charge on any atom is -0.318 e. The summed E-state index contributed by atoms with van der Waals surface area (Å²) in [4.78, 5) is 36.2. The third-order valence-electron chi connectivity index (χ3n) is 4.56. The third kappa shape index (κ3) is 3.76. The number of nitro groups is 1. The second-order valence-electron chi connectivity index (χ2n) is 6.37. The van der Waals surface area contributed by atoms with Gasteiger partial charge in [-0.3, -0.25) is 33.7 Å². The van der Waals surface area contributed by atoms with Crippen LogP contribution in [0.1, 0.15) is 40.5 Å². The maximum atomic E-state index is 12.9. The molecule has 3 rings (SSSR count). The first kappa shape index (κ1) is 20.7. The van der Waals surface area contributed by atoms with Gasteiger partial charge in [0.05, 0.1) is 34.4 Å². The molecular weight excluding hydrogens is 394 g/mol. The smallest absolute Gasteiger partial charge is 0.318 e. The summed E-state index contributed by atoms with van der Waals surface area (Å²) in [5.74, 6) is -1.31. The summed E-state index contributed by atoms with van der Waals surface area (Å²) >= 11 is 0. The zero-order valence-electron chi connectivity index (χ0n) is 16.9. The molecule has 3 aromatic rings. The molecule has 0 unspecified atom stereocenters. The number of anilines is 2. The molecule has 0 saturated carbocycles. The Bertz CT molecular complexity index is 1120. The second kappa shape index (κ2) is 8.14. The Morgan fingerprint density at radius 3 is 2.33 bits per heavy atom. The maximum absolute atomic E-state index is 12.9. The van der Waals surface area contributed by atoms with Crippen molar-refractivity contribution in [3.8, 4) is 0 Å². The van der Waals surface area contributed by atoms with Gasteiger partial charge in [0.15, 0.2) is 0 Å². The molecule has 0 aliphatic rings. The van der Waals surface area contributed by atoms with E-state index in [1.54, 1.807) is 32.5 Å². The molecule has 0 aliphatic heterocycles. The van der Waals surface area contributed by atoms with Gasteiger partial charge in [-0.2, -0.15) is 15.3 Å². The Labute approximate surface area is 170 Å². The Hall–Kier alpha value is -4.03. The predicted molar refractivity (Wildman–Crippen MR) is 106 cm³/mol. The molecule has 0 fully saturated rings. The van der Waals surface area contributed by atoms with Gasteiger partial charge in [0, 0.05) is 20.1 Å². The Morgan fingerprint density at radius 1 is 1.10 bits per heavy atom. The van der Waals surface area contributed by atoms with E-state index >= 15 is 0 Å². The van der Waals surface area contributed by atoms with E-state index in [4.69, 9.17) is 0 Å². The molecule has 2 N–H and O–H groups in total. The highest BCUT2D eigenvalue weighted by atomic mass is 16.6. The Balaban J connectivity index is 1.91. The topological polar surface area (TPSA) is 155 Å². The minimum absolute atomic E-state index is 0.103. The van der Waals surface area contributed by atoms with Crippen molar-refractivity contribution in [2.24, 2.45) is 7.05 Å². The van der Waals surface area contributed by atoms with Crippen LogP contribution in [0.5, 0.6) is 0 Å². The molecule has 13 nitrogen and oxygen atoms in total. The highest BCUT2D eigenvalue weighted by Gasteiger charge is 2.28. The predicted octanol–water partition coefficient (Wildman–Crippen LogP) is 1.57. The molecule has 0 aliphatic carbocycles. The lowest BCUT2D eigenvalue weighted by molar-refractivity contribution is -0.385. The number of aromatic nitrogens is 6. The van der Waals surface area contributed by atoms with Crippen molar-refractivity contribution in [1.29, 1.82) is 0 Å². The molecule has 2 amide bonds. The number of hydrogen-bond acceptors (Lipinski definition) is 7. The first-order valence-corrected chi connectivity index (χ1v) is 9.15. The van der Waals surface area contributed by atoms with Gasteiger partial charge >= 0.3 is 5.69 Å². The second-order valence-corrected chi connectivity index (χ2v) is 6.37. The summed E-state index contributed by atoms with van der Waals surface area (Å²) in [6, 6.07) is 0. The van der Waals surface area contributed by atoms with Crippen molar-refractivity contribution < 1.29 is 14.5 Å². The van der Waals surface area contributed by atoms with Crippen LogP contribution in [-0.4, -0.2) is 46.1 Å². The number of hydrogen-bond donors (Lipinski definition) is 2. The molecule has 0 spiro atoms. The summed E-state index contributed by atoms with van der Waals surface area (Å²) in [5, 5.41) is 28.7. The van der Waals surface area contributed by atoms with Crippen LogP contribution in [0.4, 0.5) is 17.1 Å². The lowest BCUT2D eigenvalue weighted by Crippen LogP contribution is -2.21. The Morgan fingerprint density at radius 2 is 1.77 bits per heavy atom. The van der Waals surface area contributed by atoms with Crippen LogP contribution in [0, 0.1) is 17.0 Å². The van der Waals surface area contributed by atoms with Gasteiger partial charge in [0.2, 0.25) is 5.69 Å². The van der Waals surface area contributed by atoms with Gasteiger partial charge in [-0.05, 0) is 20.8 Å². The van der Waals surface area contributed by atoms with E-state index < -0.39 is 22.4 Å². The number of aryl methyl sites for hydroxylation is 3. The number of amides is 2. The molecule has 30 heavy (non-hydrogen) atoms. The van der Waals surface area contributed by atoms with E-state index in [9.17, 15) is 19.7 Å². The molecule has 158 valence electrons.